The molecule has 1 unspecified atom stereocenters. The number of ether oxygens (including phenoxy) is 1. The summed E-state index contributed by atoms with van der Waals surface area (Å²) in [6.07, 6.45) is 2.30. The predicted octanol–water partition coefficient (Wildman–Crippen LogP) is 2.84. The summed E-state index contributed by atoms with van der Waals surface area (Å²) in [5, 5.41) is 2.74. The molecule has 0 radical (unpaired) electrons. The molecular formula is C24H25N3O5. The summed E-state index contributed by atoms with van der Waals surface area (Å²) in [6, 6.07) is 12.8. The van der Waals surface area contributed by atoms with Crippen LogP contribution in [0.2, 0.25) is 0 Å². The average molecular weight is 435 g/mol. The highest BCUT2D eigenvalue weighted by Gasteiger charge is 2.40. The third kappa shape index (κ3) is 4.21. The first-order chi connectivity index (χ1) is 15.5. The van der Waals surface area contributed by atoms with Gasteiger partial charge in [-0.3, -0.25) is 14.4 Å². The molecule has 0 aliphatic carbocycles. The van der Waals surface area contributed by atoms with E-state index < -0.39 is 17.9 Å². The number of hydrogen-bond acceptors (Lipinski definition) is 5. The molecule has 0 saturated carbocycles. The standard InChI is InChI=1S/C24H25N3O5/c1-2-32-24(31)16-8-7-9-17(14-16)25-21(28)15-27-19-11-4-3-10-18(19)22(29)26-13-6-5-12-20(26)23(27)30/h3-4,7-11,14,20H,2,5-6,12-13,15H2,1H3,(H,25,28). The van der Waals surface area contributed by atoms with Crippen molar-refractivity contribution in [2.24, 2.45) is 0 Å². The Morgan fingerprint density at radius 2 is 1.91 bits per heavy atom. The van der Waals surface area contributed by atoms with Gasteiger partial charge in [0.15, 0.2) is 0 Å². The lowest BCUT2D eigenvalue weighted by molar-refractivity contribution is -0.125. The van der Waals surface area contributed by atoms with Gasteiger partial charge in [-0.25, -0.2) is 4.79 Å². The zero-order valence-corrected chi connectivity index (χ0v) is 17.9. The van der Waals surface area contributed by atoms with E-state index in [2.05, 4.69) is 5.32 Å². The molecule has 1 atom stereocenters. The normalized spacial score (nSPS) is 17.8. The van der Waals surface area contributed by atoms with Gasteiger partial charge in [0.2, 0.25) is 11.8 Å². The minimum Gasteiger partial charge on any atom is -0.462 e. The molecular weight excluding hydrogens is 410 g/mol. The van der Waals surface area contributed by atoms with Gasteiger partial charge in [0, 0.05) is 12.2 Å². The van der Waals surface area contributed by atoms with Gasteiger partial charge in [0.25, 0.3) is 5.91 Å². The number of carbonyl (C=O) groups excluding carboxylic acids is 4. The summed E-state index contributed by atoms with van der Waals surface area (Å²) in [4.78, 5) is 54.3. The number of rotatable bonds is 5. The zero-order chi connectivity index (χ0) is 22.7. The van der Waals surface area contributed by atoms with Crippen molar-refractivity contribution in [2.75, 3.05) is 29.9 Å². The summed E-state index contributed by atoms with van der Waals surface area (Å²) in [7, 11) is 0. The van der Waals surface area contributed by atoms with Crippen molar-refractivity contribution >= 4 is 35.1 Å². The van der Waals surface area contributed by atoms with Crippen molar-refractivity contribution in [1.82, 2.24) is 4.90 Å². The highest BCUT2D eigenvalue weighted by atomic mass is 16.5. The van der Waals surface area contributed by atoms with Crippen LogP contribution in [0, 0.1) is 0 Å². The quantitative estimate of drug-likeness (QED) is 0.729. The van der Waals surface area contributed by atoms with Crippen LogP contribution in [0.15, 0.2) is 48.5 Å². The van der Waals surface area contributed by atoms with E-state index in [1.165, 1.54) is 11.0 Å². The third-order valence-electron chi connectivity index (χ3n) is 5.70. The maximum Gasteiger partial charge on any atom is 0.338 e. The van der Waals surface area contributed by atoms with E-state index in [-0.39, 0.29) is 25.0 Å². The maximum absolute atomic E-state index is 13.4. The lowest BCUT2D eigenvalue weighted by atomic mass is 10.0. The predicted molar refractivity (Wildman–Crippen MR) is 118 cm³/mol. The Kier molecular flexibility index (Phi) is 6.20. The Hall–Kier alpha value is -3.68. The fraction of sp³-hybridized carbons (Fsp3) is 0.333. The van der Waals surface area contributed by atoms with Crippen LogP contribution < -0.4 is 10.2 Å². The van der Waals surface area contributed by atoms with Gasteiger partial charge >= 0.3 is 5.97 Å². The van der Waals surface area contributed by atoms with Gasteiger partial charge in [0.1, 0.15) is 12.6 Å². The molecule has 2 aromatic rings. The van der Waals surface area contributed by atoms with Crippen LogP contribution in [-0.4, -0.2) is 54.3 Å². The fourth-order valence-corrected chi connectivity index (χ4v) is 4.22. The summed E-state index contributed by atoms with van der Waals surface area (Å²) >= 11 is 0. The first kappa shape index (κ1) is 21.5. The topological polar surface area (TPSA) is 96.0 Å². The molecule has 0 bridgehead atoms. The number of carbonyl (C=O) groups is 4. The number of amides is 3. The minimum absolute atomic E-state index is 0.177. The molecule has 1 fully saturated rings. The Bertz CT molecular complexity index is 1070. The van der Waals surface area contributed by atoms with E-state index in [1.807, 2.05) is 0 Å². The van der Waals surface area contributed by atoms with Crippen molar-refractivity contribution in [2.45, 2.75) is 32.2 Å². The van der Waals surface area contributed by atoms with Gasteiger partial charge in [0.05, 0.1) is 23.4 Å². The molecule has 2 heterocycles. The van der Waals surface area contributed by atoms with Crippen molar-refractivity contribution in [1.29, 1.82) is 0 Å². The van der Waals surface area contributed by atoms with E-state index in [9.17, 15) is 19.2 Å². The average Bonchev–Trinajstić information content (AvgIpc) is 2.89. The van der Waals surface area contributed by atoms with Crippen LogP contribution in [0.3, 0.4) is 0 Å². The summed E-state index contributed by atoms with van der Waals surface area (Å²) in [5.41, 5.74) is 1.60. The van der Waals surface area contributed by atoms with Crippen LogP contribution >= 0.6 is 0 Å². The second-order valence-corrected chi connectivity index (χ2v) is 7.80. The number of para-hydroxylation sites is 1. The number of esters is 1. The van der Waals surface area contributed by atoms with Crippen molar-refractivity contribution < 1.29 is 23.9 Å². The smallest absolute Gasteiger partial charge is 0.338 e. The van der Waals surface area contributed by atoms with Gasteiger partial charge in [-0.05, 0) is 56.5 Å². The molecule has 2 aliphatic rings. The Morgan fingerprint density at radius 3 is 2.72 bits per heavy atom. The van der Waals surface area contributed by atoms with Crippen LogP contribution in [0.25, 0.3) is 0 Å². The minimum atomic E-state index is -0.566. The largest absolute Gasteiger partial charge is 0.462 e. The SMILES string of the molecule is CCOC(=O)c1cccc(NC(=O)CN2C(=O)C3CCCCN3C(=O)c3ccccc32)c1. The Morgan fingerprint density at radius 1 is 1.09 bits per heavy atom. The number of fused-ring (bicyclic) bond motifs is 2. The maximum atomic E-state index is 13.4. The van der Waals surface area contributed by atoms with E-state index in [0.29, 0.717) is 35.5 Å². The molecule has 3 amide bonds. The Balaban J connectivity index is 1.57. The molecule has 8 nitrogen and oxygen atoms in total. The van der Waals surface area contributed by atoms with Crippen molar-refractivity contribution in [3.63, 3.8) is 0 Å². The molecule has 0 spiro atoms. The molecule has 8 heteroatoms. The molecule has 166 valence electrons. The third-order valence-corrected chi connectivity index (χ3v) is 5.70. The molecule has 4 rings (SSSR count). The lowest BCUT2D eigenvalue weighted by Crippen LogP contribution is -2.52. The Labute approximate surface area is 186 Å². The van der Waals surface area contributed by atoms with Crippen molar-refractivity contribution in [3.05, 3.63) is 59.7 Å². The van der Waals surface area contributed by atoms with Crippen molar-refractivity contribution in [3.8, 4) is 0 Å². The molecule has 0 aromatic heterocycles. The van der Waals surface area contributed by atoms with Gasteiger partial charge in [-0.1, -0.05) is 18.2 Å². The second-order valence-electron chi connectivity index (χ2n) is 7.80. The van der Waals surface area contributed by atoms with E-state index >= 15 is 0 Å². The molecule has 2 aromatic carbocycles. The molecule has 2 aliphatic heterocycles. The van der Waals surface area contributed by atoms with E-state index in [0.717, 1.165) is 12.8 Å². The fourth-order valence-electron chi connectivity index (χ4n) is 4.22. The molecule has 1 saturated heterocycles. The number of nitrogens with one attached hydrogen (secondary N) is 1. The van der Waals surface area contributed by atoms with Crippen LogP contribution in [0.5, 0.6) is 0 Å². The van der Waals surface area contributed by atoms with Gasteiger partial charge in [-0.15, -0.1) is 0 Å². The summed E-state index contributed by atoms with van der Waals surface area (Å²) in [5.74, 6) is -1.33. The van der Waals surface area contributed by atoms with Crippen LogP contribution in [0.1, 0.15) is 46.9 Å². The molecule has 1 N–H and O–H groups in total. The van der Waals surface area contributed by atoms with E-state index in [1.54, 1.807) is 54.3 Å². The number of piperidine rings is 1. The van der Waals surface area contributed by atoms with Gasteiger partial charge < -0.3 is 19.9 Å². The summed E-state index contributed by atoms with van der Waals surface area (Å²) < 4.78 is 5.00. The number of anilines is 2. The summed E-state index contributed by atoms with van der Waals surface area (Å²) in [6.45, 7) is 2.27. The second kappa shape index (κ2) is 9.21. The first-order valence-corrected chi connectivity index (χ1v) is 10.8. The van der Waals surface area contributed by atoms with Crippen LogP contribution in [0.4, 0.5) is 11.4 Å². The number of benzene rings is 2. The monoisotopic (exact) mass is 435 g/mol. The highest BCUT2D eigenvalue weighted by molar-refractivity contribution is 6.13. The van der Waals surface area contributed by atoms with E-state index in [4.69, 9.17) is 4.74 Å². The number of nitrogens with zero attached hydrogens (tertiary/aromatic N) is 2. The zero-order valence-electron chi connectivity index (χ0n) is 17.9. The molecule has 32 heavy (non-hydrogen) atoms. The number of hydrogen-bond donors (Lipinski definition) is 1. The van der Waals surface area contributed by atoms with Crippen LogP contribution in [-0.2, 0) is 14.3 Å². The highest BCUT2D eigenvalue weighted by Crippen LogP contribution is 2.31. The lowest BCUT2D eigenvalue weighted by Gasteiger charge is -2.34. The first-order valence-electron chi connectivity index (χ1n) is 10.8. The van der Waals surface area contributed by atoms with Gasteiger partial charge in [-0.2, -0.15) is 0 Å².